The first-order chi connectivity index (χ1) is 16.1. The van der Waals surface area contributed by atoms with Gasteiger partial charge in [0.1, 0.15) is 17.4 Å². The molecule has 4 rings (SSSR count). The van der Waals surface area contributed by atoms with E-state index >= 15 is 0 Å². The topological polar surface area (TPSA) is 125 Å². The number of hydrogen-bond donors (Lipinski definition) is 2. The summed E-state index contributed by atoms with van der Waals surface area (Å²) in [5.41, 5.74) is -0.527. The van der Waals surface area contributed by atoms with E-state index in [1.165, 1.54) is 6.20 Å². The van der Waals surface area contributed by atoms with E-state index in [9.17, 15) is 27.2 Å². The Labute approximate surface area is 189 Å². The van der Waals surface area contributed by atoms with Crippen LogP contribution in [0.2, 0.25) is 0 Å². The molecule has 2 N–H and O–H groups in total. The third-order valence-corrected chi connectivity index (χ3v) is 5.05. The summed E-state index contributed by atoms with van der Waals surface area (Å²) in [5.74, 6) is -0.897. The van der Waals surface area contributed by atoms with Crippen LogP contribution < -0.4 is 10.6 Å². The predicted octanol–water partition coefficient (Wildman–Crippen LogP) is 4.32. The Morgan fingerprint density at radius 1 is 1.09 bits per heavy atom. The monoisotopic (exact) mass is 477 g/mol. The van der Waals surface area contributed by atoms with Crippen molar-refractivity contribution in [2.24, 2.45) is 0 Å². The number of nitrogens with one attached hydrogen (secondary N) is 2. The molecule has 34 heavy (non-hydrogen) atoms. The lowest BCUT2D eigenvalue weighted by Gasteiger charge is -2.18. The largest absolute Gasteiger partial charge is 0.408 e. The van der Waals surface area contributed by atoms with Crippen molar-refractivity contribution in [3.8, 4) is 17.6 Å². The number of anilines is 3. The molecule has 0 bridgehead atoms. The highest BCUT2D eigenvalue weighted by molar-refractivity contribution is 5.59. The normalized spacial score (nSPS) is 15.5. The maximum atomic E-state index is 13.1. The van der Waals surface area contributed by atoms with Gasteiger partial charge in [-0.2, -0.15) is 33.4 Å². The van der Waals surface area contributed by atoms with Gasteiger partial charge in [-0.05, 0) is 31.9 Å². The van der Waals surface area contributed by atoms with Crippen molar-refractivity contribution in [2.75, 3.05) is 10.6 Å². The van der Waals surface area contributed by atoms with Gasteiger partial charge in [0.25, 0.3) is 6.43 Å². The minimum Gasteiger partial charge on any atom is -0.343 e. The van der Waals surface area contributed by atoms with Crippen LogP contribution in [0.1, 0.15) is 37.6 Å². The molecule has 14 heteroatoms. The molecule has 1 unspecified atom stereocenters. The molecule has 1 fully saturated rings. The minimum absolute atomic E-state index is 0.176. The van der Waals surface area contributed by atoms with Crippen LogP contribution in [0, 0.1) is 11.3 Å². The Balaban J connectivity index is 1.71. The van der Waals surface area contributed by atoms with Gasteiger partial charge >= 0.3 is 6.18 Å². The Morgan fingerprint density at radius 2 is 1.82 bits per heavy atom. The lowest BCUT2D eigenvalue weighted by atomic mass is 10.0. The zero-order valence-corrected chi connectivity index (χ0v) is 17.5. The molecule has 0 saturated heterocycles. The molecule has 0 aliphatic heterocycles. The van der Waals surface area contributed by atoms with E-state index < -0.39 is 35.7 Å². The van der Waals surface area contributed by atoms with Crippen LogP contribution in [-0.4, -0.2) is 42.1 Å². The smallest absolute Gasteiger partial charge is 0.343 e. The van der Waals surface area contributed by atoms with Gasteiger partial charge in [0.15, 0.2) is 5.82 Å². The van der Waals surface area contributed by atoms with Crippen molar-refractivity contribution < 1.29 is 22.0 Å². The first kappa shape index (κ1) is 23.1. The second kappa shape index (κ2) is 8.73. The zero-order valence-electron chi connectivity index (χ0n) is 17.5. The maximum Gasteiger partial charge on any atom is 0.408 e. The predicted molar refractivity (Wildman–Crippen MR) is 109 cm³/mol. The molecule has 3 aromatic heterocycles. The summed E-state index contributed by atoms with van der Waals surface area (Å²) in [6, 6.07) is 3.39. The van der Waals surface area contributed by atoms with E-state index in [-0.39, 0.29) is 17.5 Å². The molecule has 3 heterocycles. The van der Waals surface area contributed by atoms with Crippen LogP contribution in [0.25, 0.3) is 11.5 Å². The van der Waals surface area contributed by atoms with Gasteiger partial charge in [-0.15, -0.1) is 0 Å². The van der Waals surface area contributed by atoms with Gasteiger partial charge in [0.2, 0.25) is 11.9 Å². The fourth-order valence-electron chi connectivity index (χ4n) is 2.93. The number of halogens is 5. The Morgan fingerprint density at radius 3 is 2.47 bits per heavy atom. The van der Waals surface area contributed by atoms with Gasteiger partial charge < -0.3 is 10.6 Å². The van der Waals surface area contributed by atoms with Crippen molar-refractivity contribution in [1.29, 1.82) is 5.26 Å². The molecule has 9 nitrogen and oxygen atoms in total. The van der Waals surface area contributed by atoms with Gasteiger partial charge in [0.05, 0.1) is 29.6 Å². The van der Waals surface area contributed by atoms with E-state index in [0.717, 1.165) is 19.3 Å². The molecule has 1 aliphatic rings. The van der Waals surface area contributed by atoms with Crippen molar-refractivity contribution in [1.82, 2.24) is 29.9 Å². The lowest BCUT2D eigenvalue weighted by Crippen LogP contribution is -2.34. The average Bonchev–Trinajstić information content (AvgIpc) is 3.60. The highest BCUT2D eigenvalue weighted by Crippen LogP contribution is 2.47. The Hall–Kier alpha value is -4.02. The third-order valence-electron chi connectivity index (χ3n) is 5.05. The molecule has 1 atom stereocenters. The van der Waals surface area contributed by atoms with Crippen LogP contribution in [0.15, 0.2) is 30.7 Å². The zero-order chi connectivity index (χ0) is 24.5. The van der Waals surface area contributed by atoms with Crippen molar-refractivity contribution in [3.05, 3.63) is 42.1 Å². The molecular formula is C20H16F5N9. The molecule has 1 aliphatic carbocycles. The van der Waals surface area contributed by atoms with Crippen LogP contribution in [-0.2, 0) is 5.41 Å². The van der Waals surface area contributed by atoms with E-state index in [1.54, 1.807) is 12.1 Å². The van der Waals surface area contributed by atoms with Crippen LogP contribution in [0.5, 0.6) is 0 Å². The van der Waals surface area contributed by atoms with E-state index in [2.05, 4.69) is 46.6 Å². The first-order valence-electron chi connectivity index (χ1n) is 9.94. The average molecular weight is 477 g/mol. The quantitative estimate of drug-likeness (QED) is 0.479. The summed E-state index contributed by atoms with van der Waals surface area (Å²) in [5, 5.41) is 14.4. The maximum absolute atomic E-state index is 13.1. The van der Waals surface area contributed by atoms with E-state index in [4.69, 9.17) is 0 Å². The summed E-state index contributed by atoms with van der Waals surface area (Å²) in [4.78, 5) is 23.6. The number of hydrogen-bond acceptors (Lipinski definition) is 9. The molecule has 0 spiro atoms. The molecular weight excluding hydrogens is 461 g/mol. The Kier molecular flexibility index (Phi) is 5.94. The molecule has 0 aromatic carbocycles. The van der Waals surface area contributed by atoms with Gasteiger partial charge in [0, 0.05) is 11.9 Å². The molecule has 1 saturated carbocycles. The highest BCUT2D eigenvalue weighted by Gasteiger charge is 2.46. The van der Waals surface area contributed by atoms with Crippen molar-refractivity contribution in [2.45, 2.75) is 43.8 Å². The highest BCUT2D eigenvalue weighted by atomic mass is 19.4. The number of rotatable bonds is 7. The van der Waals surface area contributed by atoms with E-state index in [1.807, 2.05) is 0 Å². The fourth-order valence-corrected chi connectivity index (χ4v) is 2.93. The Bertz CT molecular complexity index is 1240. The molecule has 0 amide bonds. The van der Waals surface area contributed by atoms with Crippen molar-refractivity contribution in [3.63, 3.8) is 0 Å². The SMILES string of the molecule is CC(Nc1nc(Nc2ccnc(C3(C#N)CC3)c2)nc(-c2cncc(C(F)F)n2)n1)C(F)(F)F. The van der Waals surface area contributed by atoms with Gasteiger partial charge in [-0.25, -0.2) is 13.8 Å². The second-order valence-corrected chi connectivity index (χ2v) is 7.59. The van der Waals surface area contributed by atoms with Crippen LogP contribution in [0.4, 0.5) is 39.5 Å². The molecule has 0 radical (unpaired) electrons. The number of nitrogens with zero attached hydrogens (tertiary/aromatic N) is 7. The fraction of sp³-hybridized carbons (Fsp3) is 0.350. The number of nitriles is 1. The number of alkyl halides is 5. The number of aromatic nitrogens is 6. The standard InChI is InChI=1S/C20H16F5N9/c1-10(20(23,24)25)29-17-32-16(13-8-27-7-12(31-13)15(21)22)33-18(34-17)30-11-2-5-28-14(6-11)19(9-26)3-4-19/h2,5-8,10,15H,3-4H2,1H3,(H2,28,29,30,32,33,34). The lowest BCUT2D eigenvalue weighted by molar-refractivity contribution is -0.138. The van der Waals surface area contributed by atoms with Crippen molar-refractivity contribution >= 4 is 17.6 Å². The minimum atomic E-state index is -4.59. The second-order valence-electron chi connectivity index (χ2n) is 7.59. The van der Waals surface area contributed by atoms with Gasteiger partial charge in [-0.3, -0.25) is 9.97 Å². The van der Waals surface area contributed by atoms with Gasteiger partial charge in [-0.1, -0.05) is 0 Å². The van der Waals surface area contributed by atoms with Crippen LogP contribution in [0.3, 0.4) is 0 Å². The molecule has 176 valence electrons. The third kappa shape index (κ3) is 4.98. The van der Waals surface area contributed by atoms with E-state index in [0.29, 0.717) is 24.2 Å². The summed E-state index contributed by atoms with van der Waals surface area (Å²) in [7, 11) is 0. The first-order valence-corrected chi connectivity index (χ1v) is 9.94. The summed E-state index contributed by atoms with van der Waals surface area (Å²) in [6.07, 6.45) is -2.74. The summed E-state index contributed by atoms with van der Waals surface area (Å²) < 4.78 is 65.3. The molecule has 3 aromatic rings. The summed E-state index contributed by atoms with van der Waals surface area (Å²) >= 11 is 0. The summed E-state index contributed by atoms with van der Waals surface area (Å²) in [6.45, 7) is 0.875. The number of pyridine rings is 1. The van der Waals surface area contributed by atoms with Crippen LogP contribution >= 0.6 is 0 Å².